The number of urea groups is 1. The van der Waals surface area contributed by atoms with Crippen molar-refractivity contribution in [2.24, 2.45) is 11.7 Å². The van der Waals surface area contributed by atoms with Crippen LogP contribution < -0.4 is 20.3 Å². The van der Waals surface area contributed by atoms with Gasteiger partial charge in [-0.15, -0.1) is 13.2 Å². The number of fused-ring (bicyclic) bond motifs is 1. The number of carbonyl (C=O) groups excluding carboxylic acids is 1. The Labute approximate surface area is 171 Å². The molecular weight excluding hydrogens is 401 g/mol. The van der Waals surface area contributed by atoms with Gasteiger partial charge in [0.2, 0.25) is 0 Å². The lowest BCUT2D eigenvalue weighted by Crippen LogP contribution is -2.49. The number of halogens is 3. The van der Waals surface area contributed by atoms with E-state index in [-0.39, 0.29) is 17.7 Å². The first kappa shape index (κ1) is 20.3. The number of benzene rings is 1. The number of aromatic nitrogens is 1. The fourth-order valence-corrected chi connectivity index (χ4v) is 4.13. The summed E-state index contributed by atoms with van der Waals surface area (Å²) < 4.78 is 47.1. The van der Waals surface area contributed by atoms with E-state index in [0.717, 1.165) is 17.7 Å². The van der Waals surface area contributed by atoms with Crippen LogP contribution in [0.25, 0.3) is 0 Å². The number of rotatable bonds is 4. The number of carbonyl (C=O) groups is 1. The average molecular weight is 422 g/mol. The maximum atomic E-state index is 12.5. The third-order valence-corrected chi connectivity index (χ3v) is 5.36. The minimum Gasteiger partial charge on any atom is -0.406 e. The first-order valence-corrected chi connectivity index (χ1v) is 9.55. The molecule has 1 fully saturated rings. The number of nitrogens with zero attached hydrogens (tertiary/aromatic N) is 3. The van der Waals surface area contributed by atoms with Crippen molar-refractivity contribution in [3.05, 3.63) is 48.2 Å². The fourth-order valence-electron chi connectivity index (χ4n) is 4.13. The predicted octanol–water partition coefficient (Wildman–Crippen LogP) is 3.46. The van der Waals surface area contributed by atoms with E-state index in [2.05, 4.69) is 14.6 Å². The van der Waals surface area contributed by atoms with E-state index in [4.69, 9.17) is 10.5 Å². The van der Waals surface area contributed by atoms with Crippen molar-refractivity contribution >= 4 is 17.5 Å². The van der Waals surface area contributed by atoms with E-state index >= 15 is 0 Å². The monoisotopic (exact) mass is 422 g/mol. The zero-order chi connectivity index (χ0) is 21.3. The van der Waals surface area contributed by atoms with Crippen molar-refractivity contribution in [3.63, 3.8) is 0 Å². The minimum atomic E-state index is -4.74. The van der Waals surface area contributed by atoms with Crippen LogP contribution in [0.1, 0.15) is 18.0 Å². The standard InChI is InChI=1S/C20H21F3N4O3/c21-20(22,23)30-15-5-3-13(4-6-15)17(14-7-11-29-12-14)26-9-10-27(19(24)28)18-16(26)2-1-8-25-18/h1-6,8,14,17H,7,9-12H2,(H2,24,28). The van der Waals surface area contributed by atoms with Gasteiger partial charge in [-0.1, -0.05) is 12.1 Å². The zero-order valence-corrected chi connectivity index (χ0v) is 16.0. The summed E-state index contributed by atoms with van der Waals surface area (Å²) in [7, 11) is 0. The molecule has 0 bridgehead atoms. The molecule has 0 spiro atoms. The zero-order valence-electron chi connectivity index (χ0n) is 16.0. The average Bonchev–Trinajstić information content (AvgIpc) is 3.22. The van der Waals surface area contributed by atoms with E-state index in [1.807, 2.05) is 6.07 Å². The lowest BCUT2D eigenvalue weighted by Gasteiger charge is -2.42. The van der Waals surface area contributed by atoms with E-state index in [0.29, 0.717) is 32.1 Å². The predicted molar refractivity (Wildman–Crippen MR) is 103 cm³/mol. The normalized spacial score (nSPS) is 20.0. The van der Waals surface area contributed by atoms with Crippen LogP contribution in [-0.2, 0) is 4.74 Å². The molecule has 0 saturated carbocycles. The molecule has 2 aliphatic heterocycles. The first-order valence-electron chi connectivity index (χ1n) is 9.55. The van der Waals surface area contributed by atoms with Crippen molar-refractivity contribution in [1.82, 2.24) is 4.98 Å². The highest BCUT2D eigenvalue weighted by Crippen LogP contribution is 2.42. The number of hydrogen-bond donors (Lipinski definition) is 1. The van der Waals surface area contributed by atoms with E-state index in [1.54, 1.807) is 24.4 Å². The Hall–Kier alpha value is -3.01. The van der Waals surface area contributed by atoms with Gasteiger partial charge in [-0.25, -0.2) is 9.78 Å². The van der Waals surface area contributed by atoms with Gasteiger partial charge < -0.3 is 20.1 Å². The molecule has 3 heterocycles. The number of anilines is 2. The summed E-state index contributed by atoms with van der Waals surface area (Å²) in [5.41, 5.74) is 7.09. The first-order chi connectivity index (χ1) is 14.3. The summed E-state index contributed by atoms with van der Waals surface area (Å²) in [6.07, 6.45) is -2.33. The quantitative estimate of drug-likeness (QED) is 0.816. The van der Waals surface area contributed by atoms with Crippen molar-refractivity contribution < 1.29 is 27.4 Å². The van der Waals surface area contributed by atoms with Gasteiger partial charge in [0.05, 0.1) is 18.3 Å². The van der Waals surface area contributed by atoms with Crippen LogP contribution >= 0.6 is 0 Å². The second kappa shape index (κ2) is 8.02. The van der Waals surface area contributed by atoms with Crippen LogP contribution in [0.2, 0.25) is 0 Å². The van der Waals surface area contributed by atoms with Gasteiger partial charge in [0.1, 0.15) is 5.75 Å². The molecule has 2 atom stereocenters. The Morgan fingerprint density at radius 3 is 2.63 bits per heavy atom. The van der Waals surface area contributed by atoms with Crippen LogP contribution in [0.3, 0.4) is 0 Å². The third kappa shape index (κ3) is 4.13. The van der Waals surface area contributed by atoms with E-state index in [1.165, 1.54) is 17.0 Å². The van der Waals surface area contributed by atoms with Crippen LogP contribution in [-0.4, -0.2) is 43.7 Å². The highest BCUT2D eigenvalue weighted by Gasteiger charge is 2.37. The van der Waals surface area contributed by atoms with Crippen LogP contribution in [0.15, 0.2) is 42.6 Å². The molecule has 2 N–H and O–H groups in total. The molecule has 2 aromatic rings. The molecule has 160 valence electrons. The van der Waals surface area contributed by atoms with Gasteiger partial charge in [0.25, 0.3) is 0 Å². The second-order valence-corrected chi connectivity index (χ2v) is 7.21. The molecule has 1 aromatic carbocycles. The Bertz CT molecular complexity index is 901. The molecule has 2 amide bonds. The Kier molecular flexibility index (Phi) is 5.42. The largest absolute Gasteiger partial charge is 0.573 e. The van der Waals surface area contributed by atoms with Gasteiger partial charge in [-0.05, 0) is 36.2 Å². The smallest absolute Gasteiger partial charge is 0.406 e. The number of ether oxygens (including phenoxy) is 2. The Morgan fingerprint density at radius 1 is 1.23 bits per heavy atom. The van der Waals surface area contributed by atoms with Crippen molar-refractivity contribution in [2.75, 3.05) is 36.1 Å². The maximum absolute atomic E-state index is 12.5. The minimum absolute atomic E-state index is 0.132. The molecule has 10 heteroatoms. The third-order valence-electron chi connectivity index (χ3n) is 5.36. The topological polar surface area (TPSA) is 80.9 Å². The van der Waals surface area contributed by atoms with Crippen molar-refractivity contribution in [1.29, 1.82) is 0 Å². The van der Waals surface area contributed by atoms with Crippen molar-refractivity contribution in [2.45, 2.75) is 18.8 Å². The van der Waals surface area contributed by atoms with Crippen LogP contribution in [0, 0.1) is 5.92 Å². The summed E-state index contributed by atoms with van der Waals surface area (Å²) in [6, 6.07) is 8.81. The number of amides is 2. The molecule has 2 aliphatic rings. The number of primary amides is 1. The van der Waals surface area contributed by atoms with Gasteiger partial charge >= 0.3 is 12.4 Å². The molecular formula is C20H21F3N4O3. The number of pyridine rings is 1. The van der Waals surface area contributed by atoms with Gasteiger partial charge in [0, 0.05) is 31.8 Å². The summed E-state index contributed by atoms with van der Waals surface area (Å²) >= 11 is 0. The van der Waals surface area contributed by atoms with Gasteiger partial charge in [-0.3, -0.25) is 4.90 Å². The number of nitrogens with two attached hydrogens (primary N) is 1. The molecule has 0 radical (unpaired) electrons. The molecule has 1 aromatic heterocycles. The number of alkyl halides is 3. The highest BCUT2D eigenvalue weighted by molar-refractivity contribution is 5.94. The number of hydrogen-bond acceptors (Lipinski definition) is 5. The lowest BCUT2D eigenvalue weighted by molar-refractivity contribution is -0.274. The SMILES string of the molecule is NC(=O)N1CCN(C(c2ccc(OC(F)(F)F)cc2)C2CCOC2)c2cccnc21. The van der Waals surface area contributed by atoms with Crippen molar-refractivity contribution in [3.8, 4) is 5.75 Å². The summed E-state index contributed by atoms with van der Waals surface area (Å²) in [5.74, 6) is 0.332. The molecule has 7 nitrogen and oxygen atoms in total. The summed E-state index contributed by atoms with van der Waals surface area (Å²) in [4.78, 5) is 19.7. The molecule has 1 saturated heterocycles. The van der Waals surface area contributed by atoms with Crippen LogP contribution in [0.4, 0.5) is 29.5 Å². The van der Waals surface area contributed by atoms with Gasteiger partial charge in [-0.2, -0.15) is 0 Å². The maximum Gasteiger partial charge on any atom is 0.573 e. The second-order valence-electron chi connectivity index (χ2n) is 7.21. The summed E-state index contributed by atoms with van der Waals surface area (Å²) in [6.45, 7) is 2.02. The van der Waals surface area contributed by atoms with Gasteiger partial charge in [0.15, 0.2) is 5.82 Å². The Morgan fingerprint density at radius 2 is 2.00 bits per heavy atom. The molecule has 4 rings (SSSR count). The van der Waals surface area contributed by atoms with Crippen LogP contribution in [0.5, 0.6) is 5.75 Å². The highest BCUT2D eigenvalue weighted by atomic mass is 19.4. The molecule has 2 unspecified atom stereocenters. The lowest BCUT2D eigenvalue weighted by atomic mass is 9.90. The van der Waals surface area contributed by atoms with E-state index < -0.39 is 12.4 Å². The molecule has 0 aliphatic carbocycles. The Balaban J connectivity index is 1.70. The van der Waals surface area contributed by atoms with E-state index in [9.17, 15) is 18.0 Å². The summed E-state index contributed by atoms with van der Waals surface area (Å²) in [5, 5.41) is 0. The molecule has 30 heavy (non-hydrogen) atoms. The fraction of sp³-hybridized carbons (Fsp3) is 0.400.